The number of phenols is 1. The van der Waals surface area contributed by atoms with Crippen molar-refractivity contribution >= 4 is 11.3 Å². The molecule has 0 saturated carbocycles. The van der Waals surface area contributed by atoms with Crippen molar-refractivity contribution in [3.05, 3.63) is 42.7 Å². The summed E-state index contributed by atoms with van der Waals surface area (Å²) in [6.45, 7) is 0. The summed E-state index contributed by atoms with van der Waals surface area (Å²) in [4.78, 5) is 4.15. The fraction of sp³-hybridized carbons (Fsp3) is 0. The molecule has 1 aromatic carbocycles. The van der Waals surface area contributed by atoms with Gasteiger partial charge in [-0.2, -0.15) is 5.10 Å². The number of rotatable bonds is 1. The van der Waals surface area contributed by atoms with Gasteiger partial charge in [-0.1, -0.05) is 12.1 Å². The van der Waals surface area contributed by atoms with E-state index in [1.807, 2.05) is 6.07 Å². The van der Waals surface area contributed by atoms with Crippen molar-refractivity contribution in [3.8, 4) is 17.0 Å². The number of anilines is 1. The predicted octanol–water partition coefficient (Wildman–Crippen LogP) is 1.68. The number of aromatic hydroxyl groups is 1. The number of hydrogen-bond donors (Lipinski definition) is 2. The van der Waals surface area contributed by atoms with Crippen molar-refractivity contribution < 1.29 is 5.11 Å². The van der Waals surface area contributed by atoms with Crippen LogP contribution in [0.25, 0.3) is 16.9 Å². The van der Waals surface area contributed by atoms with E-state index < -0.39 is 0 Å². The van der Waals surface area contributed by atoms with Gasteiger partial charge in [-0.15, -0.1) is 0 Å². The van der Waals surface area contributed by atoms with Gasteiger partial charge in [0.2, 0.25) is 0 Å². The monoisotopic (exact) mass is 226 g/mol. The number of nitrogens with two attached hydrogens (primary N) is 1. The summed E-state index contributed by atoms with van der Waals surface area (Å²) < 4.78 is 1.59. The third-order valence-corrected chi connectivity index (χ3v) is 2.51. The molecule has 0 bridgehead atoms. The van der Waals surface area contributed by atoms with Crippen molar-refractivity contribution in [2.75, 3.05) is 5.73 Å². The molecule has 0 unspecified atom stereocenters. The van der Waals surface area contributed by atoms with Crippen molar-refractivity contribution in [2.24, 2.45) is 0 Å². The number of para-hydroxylation sites is 1. The molecule has 3 aromatic rings. The van der Waals surface area contributed by atoms with Crippen LogP contribution in [0.15, 0.2) is 42.7 Å². The minimum atomic E-state index is 0.198. The molecule has 0 amide bonds. The van der Waals surface area contributed by atoms with Crippen LogP contribution in [-0.2, 0) is 0 Å². The molecule has 0 aliphatic carbocycles. The maximum absolute atomic E-state index is 9.75. The third-order valence-electron chi connectivity index (χ3n) is 2.51. The number of benzene rings is 1. The normalized spacial score (nSPS) is 10.8. The lowest BCUT2D eigenvalue weighted by atomic mass is 10.1. The van der Waals surface area contributed by atoms with Gasteiger partial charge in [0.25, 0.3) is 0 Å². The molecule has 17 heavy (non-hydrogen) atoms. The molecule has 0 atom stereocenters. The zero-order valence-corrected chi connectivity index (χ0v) is 8.91. The minimum Gasteiger partial charge on any atom is -0.507 e. The number of fused-ring (bicyclic) bond motifs is 1. The Morgan fingerprint density at radius 3 is 2.88 bits per heavy atom. The molecule has 0 saturated heterocycles. The molecule has 0 aliphatic rings. The Labute approximate surface area is 97.1 Å². The van der Waals surface area contributed by atoms with E-state index in [9.17, 15) is 5.11 Å². The summed E-state index contributed by atoms with van der Waals surface area (Å²) in [5, 5.41) is 14.1. The molecule has 5 nitrogen and oxygen atoms in total. The molecule has 0 fully saturated rings. The maximum Gasteiger partial charge on any atom is 0.155 e. The van der Waals surface area contributed by atoms with Crippen molar-refractivity contribution in [3.63, 3.8) is 0 Å². The van der Waals surface area contributed by atoms with Gasteiger partial charge in [-0.05, 0) is 12.1 Å². The highest BCUT2D eigenvalue weighted by atomic mass is 16.3. The summed E-state index contributed by atoms with van der Waals surface area (Å²) in [5.74, 6) is 0.198. The second-order valence-electron chi connectivity index (χ2n) is 3.74. The standard InChI is InChI=1S/C12H10N4O/c13-8-6-14-12-5-10(15-16(12)7-8)9-3-1-2-4-11(9)17/h1-7,17H,13H2. The summed E-state index contributed by atoms with van der Waals surface area (Å²) in [7, 11) is 0. The first-order valence-corrected chi connectivity index (χ1v) is 5.13. The quantitative estimate of drug-likeness (QED) is 0.662. The van der Waals surface area contributed by atoms with E-state index >= 15 is 0 Å². The Morgan fingerprint density at radius 2 is 2.06 bits per heavy atom. The topological polar surface area (TPSA) is 76.4 Å². The number of nitrogen functional groups attached to an aromatic ring is 1. The number of phenolic OH excluding ortho intramolecular Hbond substituents is 1. The van der Waals surface area contributed by atoms with Crippen LogP contribution in [0.2, 0.25) is 0 Å². The second-order valence-corrected chi connectivity index (χ2v) is 3.74. The maximum atomic E-state index is 9.75. The Kier molecular flexibility index (Phi) is 1.98. The van der Waals surface area contributed by atoms with E-state index in [1.54, 1.807) is 41.2 Å². The first-order chi connectivity index (χ1) is 8.24. The molecule has 3 N–H and O–H groups in total. The minimum absolute atomic E-state index is 0.198. The molecule has 3 rings (SSSR count). The summed E-state index contributed by atoms with van der Waals surface area (Å²) in [6, 6.07) is 8.85. The average Bonchev–Trinajstić information content (AvgIpc) is 2.72. The number of aromatic nitrogens is 3. The fourth-order valence-electron chi connectivity index (χ4n) is 1.71. The van der Waals surface area contributed by atoms with E-state index in [-0.39, 0.29) is 5.75 Å². The van der Waals surface area contributed by atoms with E-state index in [2.05, 4.69) is 10.1 Å². The van der Waals surface area contributed by atoms with Crippen LogP contribution in [0.5, 0.6) is 5.75 Å². The Bertz CT molecular complexity index is 690. The molecular formula is C12H10N4O. The highest BCUT2D eigenvalue weighted by Crippen LogP contribution is 2.27. The summed E-state index contributed by atoms with van der Waals surface area (Å²) >= 11 is 0. The van der Waals surface area contributed by atoms with Crippen molar-refractivity contribution in [1.82, 2.24) is 14.6 Å². The lowest BCUT2D eigenvalue weighted by Gasteiger charge is -1.98. The molecule has 2 heterocycles. The summed E-state index contributed by atoms with van der Waals surface area (Å²) in [6.07, 6.45) is 3.26. The van der Waals surface area contributed by atoms with Gasteiger partial charge in [0, 0.05) is 11.6 Å². The first-order valence-electron chi connectivity index (χ1n) is 5.13. The van der Waals surface area contributed by atoms with Crippen LogP contribution < -0.4 is 5.73 Å². The third kappa shape index (κ3) is 1.57. The van der Waals surface area contributed by atoms with Crippen LogP contribution in [0, 0.1) is 0 Å². The van der Waals surface area contributed by atoms with Crippen LogP contribution >= 0.6 is 0 Å². The van der Waals surface area contributed by atoms with E-state index in [4.69, 9.17) is 5.73 Å². The van der Waals surface area contributed by atoms with Gasteiger partial charge in [-0.3, -0.25) is 0 Å². The van der Waals surface area contributed by atoms with Crippen molar-refractivity contribution in [2.45, 2.75) is 0 Å². The predicted molar refractivity (Wildman–Crippen MR) is 64.5 cm³/mol. The van der Waals surface area contributed by atoms with Crippen LogP contribution in [0.3, 0.4) is 0 Å². The molecule has 0 radical (unpaired) electrons. The molecule has 5 heteroatoms. The lowest BCUT2D eigenvalue weighted by Crippen LogP contribution is -1.93. The molecule has 84 valence electrons. The Morgan fingerprint density at radius 1 is 1.24 bits per heavy atom. The van der Waals surface area contributed by atoms with Crippen molar-refractivity contribution in [1.29, 1.82) is 0 Å². The number of nitrogens with zero attached hydrogens (tertiary/aromatic N) is 3. The SMILES string of the molecule is Nc1cnc2cc(-c3ccccc3O)nn2c1. The van der Waals surface area contributed by atoms with E-state index in [0.717, 1.165) is 0 Å². The lowest BCUT2D eigenvalue weighted by molar-refractivity contribution is 0.477. The van der Waals surface area contributed by atoms with Gasteiger partial charge < -0.3 is 10.8 Å². The van der Waals surface area contributed by atoms with Gasteiger partial charge in [0.15, 0.2) is 5.65 Å². The van der Waals surface area contributed by atoms with Gasteiger partial charge in [-0.25, -0.2) is 9.50 Å². The fourth-order valence-corrected chi connectivity index (χ4v) is 1.71. The van der Waals surface area contributed by atoms with Gasteiger partial charge in [0.05, 0.1) is 23.8 Å². The zero-order chi connectivity index (χ0) is 11.8. The molecular weight excluding hydrogens is 216 g/mol. The van der Waals surface area contributed by atoms with Crippen LogP contribution in [0.4, 0.5) is 5.69 Å². The Balaban J connectivity index is 2.22. The first kappa shape index (κ1) is 9.65. The average molecular weight is 226 g/mol. The highest BCUT2D eigenvalue weighted by Gasteiger charge is 2.08. The largest absolute Gasteiger partial charge is 0.507 e. The van der Waals surface area contributed by atoms with E-state index in [0.29, 0.717) is 22.6 Å². The summed E-state index contributed by atoms with van der Waals surface area (Å²) in [5.41, 5.74) is 8.21. The Hall–Kier alpha value is -2.56. The second kappa shape index (κ2) is 3.48. The van der Waals surface area contributed by atoms with Crippen LogP contribution in [-0.4, -0.2) is 19.7 Å². The van der Waals surface area contributed by atoms with E-state index in [1.165, 1.54) is 0 Å². The zero-order valence-electron chi connectivity index (χ0n) is 8.91. The van der Waals surface area contributed by atoms with Gasteiger partial charge in [0.1, 0.15) is 5.75 Å². The molecule has 0 aliphatic heterocycles. The smallest absolute Gasteiger partial charge is 0.155 e. The van der Waals surface area contributed by atoms with Gasteiger partial charge >= 0.3 is 0 Å². The highest BCUT2D eigenvalue weighted by molar-refractivity contribution is 5.69. The molecule has 2 aromatic heterocycles. The van der Waals surface area contributed by atoms with Crippen LogP contribution in [0.1, 0.15) is 0 Å². The molecule has 0 spiro atoms. The number of hydrogen-bond acceptors (Lipinski definition) is 4.